The fourth-order valence-electron chi connectivity index (χ4n) is 0.503. The molecule has 0 spiro atoms. The van der Waals surface area contributed by atoms with Crippen LogP contribution in [0, 0.1) is 0 Å². The molecule has 0 unspecified atom stereocenters. The molecule has 1 aromatic rings. The van der Waals surface area contributed by atoms with E-state index in [9.17, 15) is 0 Å². The highest BCUT2D eigenvalue weighted by atomic mass is 16.6. The third-order valence-corrected chi connectivity index (χ3v) is 0.902. The minimum atomic E-state index is 0.389. The molecule has 0 aliphatic rings. The van der Waals surface area contributed by atoms with Crippen LogP contribution in [-0.4, -0.2) is 21.0 Å². The van der Waals surface area contributed by atoms with E-state index in [0.29, 0.717) is 6.79 Å². The molecule has 0 amide bonds. The van der Waals surface area contributed by atoms with Gasteiger partial charge in [0.25, 0.3) is 0 Å². The summed E-state index contributed by atoms with van der Waals surface area (Å²) in [6, 6.07) is 12.0. The highest BCUT2D eigenvalue weighted by Crippen LogP contribution is 1.79. The first-order valence-electron chi connectivity index (χ1n) is 3.39. The van der Waals surface area contributed by atoms with E-state index in [1.165, 1.54) is 0 Å². The van der Waals surface area contributed by atoms with E-state index < -0.39 is 0 Å². The maximum absolute atomic E-state index is 4.47. The zero-order chi connectivity index (χ0) is 8.36. The smallest absolute Gasteiger partial charge is 0.145 e. The highest BCUT2D eigenvalue weighted by Gasteiger charge is 1.63. The Bertz CT molecular complexity index is 111. The van der Waals surface area contributed by atoms with Crippen molar-refractivity contribution in [1.29, 1.82) is 0 Å². The van der Waals surface area contributed by atoms with Crippen LogP contribution in [0.15, 0.2) is 36.4 Å². The van der Waals surface area contributed by atoms with Gasteiger partial charge in [-0.1, -0.05) is 36.4 Å². The fraction of sp³-hybridized carbons (Fsp3) is 0.333. The molecule has 0 bridgehead atoms. The van der Waals surface area contributed by atoms with Gasteiger partial charge in [-0.15, -0.1) is 0 Å². The summed E-state index contributed by atoms with van der Waals surface area (Å²) in [5.74, 6) is 0. The number of methoxy groups -OCH3 is 2. The van der Waals surface area contributed by atoms with Gasteiger partial charge in [0.2, 0.25) is 0 Å². The largest absolute Gasteiger partial charge is 0.359 e. The lowest BCUT2D eigenvalue weighted by Gasteiger charge is -1.87. The van der Waals surface area contributed by atoms with Crippen LogP contribution >= 0.6 is 0 Å². The standard InChI is InChI=1S/C6H6.C3H8O2/c1-2-4-6-5-3-1;1-4-3-5-2/h1-6H;3H2,1-2H3. The SMILES string of the molecule is COCOC.c1ccccc1. The normalized spacial score (nSPS) is 8.18. The molecule has 2 heteroatoms. The average Bonchev–Trinajstić information content (AvgIpc) is 2.10. The van der Waals surface area contributed by atoms with Crippen LogP contribution in [0.3, 0.4) is 0 Å². The Morgan fingerprint density at radius 2 is 1.00 bits per heavy atom. The molecule has 0 aromatic heterocycles. The lowest BCUT2D eigenvalue weighted by molar-refractivity contribution is -0.00271. The minimum Gasteiger partial charge on any atom is -0.359 e. The third kappa shape index (κ3) is 9.14. The third-order valence-electron chi connectivity index (χ3n) is 0.902. The van der Waals surface area contributed by atoms with Gasteiger partial charge in [0, 0.05) is 14.2 Å². The van der Waals surface area contributed by atoms with E-state index >= 15 is 0 Å². The van der Waals surface area contributed by atoms with Crippen molar-refractivity contribution in [2.75, 3.05) is 21.0 Å². The van der Waals surface area contributed by atoms with Crippen LogP contribution in [0.5, 0.6) is 0 Å². The summed E-state index contributed by atoms with van der Waals surface area (Å²) in [5.41, 5.74) is 0. The summed E-state index contributed by atoms with van der Waals surface area (Å²) in [4.78, 5) is 0. The first-order valence-corrected chi connectivity index (χ1v) is 3.39. The maximum atomic E-state index is 4.47. The van der Waals surface area contributed by atoms with Crippen LogP contribution in [-0.2, 0) is 9.47 Å². The summed E-state index contributed by atoms with van der Waals surface area (Å²) in [6.45, 7) is 0.389. The Morgan fingerprint density at radius 3 is 1.09 bits per heavy atom. The molecule has 0 fully saturated rings. The molecule has 0 radical (unpaired) electrons. The van der Waals surface area contributed by atoms with Crippen molar-refractivity contribution < 1.29 is 9.47 Å². The van der Waals surface area contributed by atoms with Crippen molar-refractivity contribution >= 4 is 0 Å². The average molecular weight is 154 g/mol. The fourth-order valence-corrected chi connectivity index (χ4v) is 0.503. The van der Waals surface area contributed by atoms with Crippen LogP contribution in [0.1, 0.15) is 0 Å². The molecule has 0 aliphatic heterocycles. The van der Waals surface area contributed by atoms with Gasteiger partial charge in [-0.2, -0.15) is 0 Å². The van der Waals surface area contributed by atoms with Gasteiger partial charge < -0.3 is 9.47 Å². The van der Waals surface area contributed by atoms with Gasteiger partial charge in [0.1, 0.15) is 6.79 Å². The van der Waals surface area contributed by atoms with E-state index in [1.807, 2.05) is 36.4 Å². The van der Waals surface area contributed by atoms with Gasteiger partial charge in [-0.25, -0.2) is 0 Å². The Morgan fingerprint density at radius 1 is 0.727 bits per heavy atom. The van der Waals surface area contributed by atoms with Crippen LogP contribution < -0.4 is 0 Å². The Kier molecular flexibility index (Phi) is 8.43. The second-order valence-corrected chi connectivity index (χ2v) is 1.85. The Hall–Kier alpha value is -0.860. The molecule has 0 N–H and O–H groups in total. The van der Waals surface area contributed by atoms with Crippen molar-refractivity contribution in [3.05, 3.63) is 36.4 Å². The molecular weight excluding hydrogens is 140 g/mol. The van der Waals surface area contributed by atoms with E-state index in [-0.39, 0.29) is 0 Å². The molecule has 1 aromatic carbocycles. The van der Waals surface area contributed by atoms with E-state index in [4.69, 9.17) is 0 Å². The van der Waals surface area contributed by atoms with Crippen LogP contribution in [0.4, 0.5) is 0 Å². The van der Waals surface area contributed by atoms with Crippen molar-refractivity contribution in [3.63, 3.8) is 0 Å². The zero-order valence-corrected chi connectivity index (χ0v) is 6.99. The summed E-state index contributed by atoms with van der Waals surface area (Å²) in [7, 11) is 3.17. The molecule has 62 valence electrons. The molecule has 0 aliphatic carbocycles. The predicted octanol–water partition coefficient (Wildman–Crippen LogP) is 1.92. The van der Waals surface area contributed by atoms with Gasteiger partial charge in [0.15, 0.2) is 0 Å². The van der Waals surface area contributed by atoms with Crippen molar-refractivity contribution in [2.24, 2.45) is 0 Å². The summed E-state index contributed by atoms with van der Waals surface area (Å²) < 4.78 is 8.94. The summed E-state index contributed by atoms with van der Waals surface area (Å²) >= 11 is 0. The predicted molar refractivity (Wildman–Crippen MR) is 45.3 cm³/mol. The number of ether oxygens (including phenoxy) is 2. The molecule has 0 saturated carbocycles. The summed E-state index contributed by atoms with van der Waals surface area (Å²) in [6.07, 6.45) is 0. The number of rotatable bonds is 2. The van der Waals surface area contributed by atoms with Crippen molar-refractivity contribution in [3.8, 4) is 0 Å². The minimum absolute atomic E-state index is 0.389. The molecule has 1 rings (SSSR count). The second kappa shape index (κ2) is 9.14. The first kappa shape index (κ1) is 10.1. The molecule has 0 atom stereocenters. The highest BCUT2D eigenvalue weighted by molar-refractivity contribution is 4.99. The van der Waals surface area contributed by atoms with Crippen LogP contribution in [0.25, 0.3) is 0 Å². The number of benzene rings is 1. The van der Waals surface area contributed by atoms with E-state index in [2.05, 4.69) is 9.47 Å². The van der Waals surface area contributed by atoms with Crippen molar-refractivity contribution in [2.45, 2.75) is 0 Å². The molecule has 0 heterocycles. The van der Waals surface area contributed by atoms with Gasteiger partial charge >= 0.3 is 0 Å². The zero-order valence-electron chi connectivity index (χ0n) is 6.99. The lowest BCUT2D eigenvalue weighted by atomic mass is 10.4. The van der Waals surface area contributed by atoms with Crippen LogP contribution in [0.2, 0.25) is 0 Å². The Balaban J connectivity index is 0.000000187. The summed E-state index contributed by atoms with van der Waals surface area (Å²) in [5, 5.41) is 0. The molecule has 11 heavy (non-hydrogen) atoms. The van der Waals surface area contributed by atoms with Gasteiger partial charge in [-0.05, 0) is 0 Å². The second-order valence-electron chi connectivity index (χ2n) is 1.85. The molecular formula is C9H14O2. The number of hydrogen-bond donors (Lipinski definition) is 0. The monoisotopic (exact) mass is 154 g/mol. The lowest BCUT2D eigenvalue weighted by Crippen LogP contribution is -1.87. The van der Waals surface area contributed by atoms with Gasteiger partial charge in [0.05, 0.1) is 0 Å². The molecule has 2 nitrogen and oxygen atoms in total. The van der Waals surface area contributed by atoms with E-state index in [0.717, 1.165) is 0 Å². The maximum Gasteiger partial charge on any atom is 0.145 e. The van der Waals surface area contributed by atoms with Gasteiger partial charge in [-0.3, -0.25) is 0 Å². The molecule has 0 saturated heterocycles. The van der Waals surface area contributed by atoms with E-state index in [1.54, 1.807) is 14.2 Å². The Labute approximate surface area is 67.8 Å². The number of hydrogen-bond acceptors (Lipinski definition) is 2. The quantitative estimate of drug-likeness (QED) is 0.606. The topological polar surface area (TPSA) is 18.5 Å². The van der Waals surface area contributed by atoms with Crippen molar-refractivity contribution in [1.82, 2.24) is 0 Å². The first-order chi connectivity index (χ1) is 5.41.